The van der Waals surface area contributed by atoms with Gasteiger partial charge in [-0.3, -0.25) is 10.1 Å². The number of nitrogens with one attached hydrogen (secondary N) is 3. The number of carbonyl (C=O) groups excluding carboxylic acids is 1. The van der Waals surface area contributed by atoms with Gasteiger partial charge in [-0.05, 0) is 81.9 Å². The third-order valence-corrected chi connectivity index (χ3v) is 6.47. The van der Waals surface area contributed by atoms with Crippen LogP contribution in [0.1, 0.15) is 44.5 Å². The highest BCUT2D eigenvalue weighted by atomic mass is 79.9. The summed E-state index contributed by atoms with van der Waals surface area (Å²) in [5, 5.41) is 5.57. The second kappa shape index (κ2) is 11.0. The van der Waals surface area contributed by atoms with E-state index in [4.69, 9.17) is 17.0 Å². The molecule has 0 aliphatic rings. The van der Waals surface area contributed by atoms with Crippen LogP contribution < -0.4 is 20.1 Å². The topological polar surface area (TPSA) is 96.5 Å². The Morgan fingerprint density at radius 2 is 1.77 bits per heavy atom. The van der Waals surface area contributed by atoms with Crippen LogP contribution in [0, 0.1) is 0 Å². The SMILES string of the molecule is CCC(C)NS(=O)(=O)c1ccc(NC(=S)NC(=O)c2cc(Br)ccc2OC(C)C)cc1. The Bertz CT molecular complexity index is 1040. The fourth-order valence-electron chi connectivity index (χ4n) is 2.50. The summed E-state index contributed by atoms with van der Waals surface area (Å²) in [6.45, 7) is 7.45. The van der Waals surface area contributed by atoms with Gasteiger partial charge in [0, 0.05) is 16.2 Å². The quantitative estimate of drug-likeness (QED) is 0.439. The molecule has 1 unspecified atom stereocenters. The number of rotatable bonds is 8. The molecule has 1 amide bonds. The third-order valence-electron chi connectivity index (χ3n) is 4.17. The van der Waals surface area contributed by atoms with Crippen molar-refractivity contribution in [1.82, 2.24) is 10.0 Å². The summed E-state index contributed by atoms with van der Waals surface area (Å²) in [6.07, 6.45) is 0.594. The number of ether oxygens (including phenoxy) is 1. The molecule has 0 aliphatic carbocycles. The molecule has 0 heterocycles. The zero-order chi connectivity index (χ0) is 23.2. The summed E-state index contributed by atoms with van der Waals surface area (Å²) in [4.78, 5) is 12.8. The van der Waals surface area contributed by atoms with E-state index in [1.165, 1.54) is 12.1 Å². The molecular weight excluding hydrogens is 502 g/mol. The number of hydrogen-bond acceptors (Lipinski definition) is 5. The molecule has 7 nitrogen and oxygen atoms in total. The molecule has 0 radical (unpaired) electrons. The minimum atomic E-state index is -3.59. The second-order valence-electron chi connectivity index (χ2n) is 7.17. The lowest BCUT2D eigenvalue weighted by Gasteiger charge is -2.15. The van der Waals surface area contributed by atoms with Crippen LogP contribution in [0.25, 0.3) is 0 Å². The number of sulfonamides is 1. The van der Waals surface area contributed by atoms with Crippen molar-refractivity contribution < 1.29 is 17.9 Å². The molecule has 2 aromatic rings. The molecule has 0 aliphatic heterocycles. The number of hydrogen-bond donors (Lipinski definition) is 3. The molecule has 10 heteroatoms. The molecule has 0 bridgehead atoms. The number of benzene rings is 2. The molecule has 31 heavy (non-hydrogen) atoms. The van der Waals surface area contributed by atoms with Gasteiger partial charge >= 0.3 is 0 Å². The normalized spacial score (nSPS) is 12.3. The largest absolute Gasteiger partial charge is 0.490 e. The molecule has 2 aromatic carbocycles. The molecule has 0 saturated heterocycles. The van der Waals surface area contributed by atoms with E-state index in [-0.39, 0.29) is 22.2 Å². The fraction of sp³-hybridized carbons (Fsp3) is 0.333. The average Bonchev–Trinajstić information content (AvgIpc) is 2.68. The van der Waals surface area contributed by atoms with Crippen LogP contribution in [0.4, 0.5) is 5.69 Å². The molecular formula is C21H26BrN3O4S2. The number of thiocarbonyl (C=S) groups is 1. The zero-order valence-electron chi connectivity index (χ0n) is 17.7. The monoisotopic (exact) mass is 527 g/mol. The van der Waals surface area contributed by atoms with E-state index in [9.17, 15) is 13.2 Å². The first-order chi connectivity index (χ1) is 14.5. The lowest BCUT2D eigenvalue weighted by atomic mass is 10.2. The van der Waals surface area contributed by atoms with Gasteiger partial charge in [0.05, 0.1) is 16.6 Å². The van der Waals surface area contributed by atoms with Crippen molar-refractivity contribution in [2.75, 3.05) is 5.32 Å². The van der Waals surface area contributed by atoms with E-state index in [0.29, 0.717) is 23.4 Å². The minimum absolute atomic E-state index is 0.0776. The van der Waals surface area contributed by atoms with Crippen LogP contribution in [0.5, 0.6) is 5.75 Å². The van der Waals surface area contributed by atoms with E-state index in [1.807, 2.05) is 20.8 Å². The molecule has 168 valence electrons. The van der Waals surface area contributed by atoms with Crippen molar-refractivity contribution in [3.05, 3.63) is 52.5 Å². The summed E-state index contributed by atoms with van der Waals surface area (Å²) >= 11 is 8.58. The summed E-state index contributed by atoms with van der Waals surface area (Å²) in [7, 11) is -3.59. The first-order valence-electron chi connectivity index (χ1n) is 9.72. The predicted octanol–water partition coefficient (Wildman–Crippen LogP) is 4.44. The van der Waals surface area contributed by atoms with Crippen molar-refractivity contribution in [3.63, 3.8) is 0 Å². The van der Waals surface area contributed by atoms with E-state index in [1.54, 1.807) is 37.3 Å². The highest BCUT2D eigenvalue weighted by molar-refractivity contribution is 9.10. The fourth-order valence-corrected chi connectivity index (χ4v) is 4.40. The van der Waals surface area contributed by atoms with Gasteiger partial charge < -0.3 is 10.1 Å². The maximum absolute atomic E-state index is 12.7. The van der Waals surface area contributed by atoms with Crippen molar-refractivity contribution in [2.45, 2.75) is 51.2 Å². The van der Waals surface area contributed by atoms with E-state index >= 15 is 0 Å². The predicted molar refractivity (Wildman–Crippen MR) is 130 cm³/mol. The molecule has 0 saturated carbocycles. The Labute approximate surface area is 197 Å². The summed E-state index contributed by atoms with van der Waals surface area (Å²) in [6, 6.07) is 11.1. The lowest BCUT2D eigenvalue weighted by Crippen LogP contribution is -2.34. The van der Waals surface area contributed by atoms with E-state index in [0.717, 1.165) is 4.47 Å². The van der Waals surface area contributed by atoms with Crippen LogP contribution in [0.15, 0.2) is 51.8 Å². The van der Waals surface area contributed by atoms with Crippen LogP contribution >= 0.6 is 28.1 Å². The van der Waals surface area contributed by atoms with Crippen LogP contribution in [-0.2, 0) is 10.0 Å². The molecule has 2 rings (SSSR count). The van der Waals surface area contributed by atoms with Crippen LogP contribution in [-0.4, -0.2) is 31.6 Å². The number of amides is 1. The van der Waals surface area contributed by atoms with Crippen molar-refractivity contribution in [2.24, 2.45) is 0 Å². The second-order valence-corrected chi connectivity index (χ2v) is 10.2. The zero-order valence-corrected chi connectivity index (χ0v) is 20.9. The first kappa shape index (κ1) is 25.3. The summed E-state index contributed by atoms with van der Waals surface area (Å²) in [5.41, 5.74) is 0.880. The molecule has 0 spiro atoms. The standard InChI is InChI=1S/C21H26BrN3O4S2/c1-5-14(4)25-31(27,28)17-9-7-16(8-10-17)23-21(30)24-20(26)18-12-15(22)6-11-19(18)29-13(2)3/h6-14,25H,5H2,1-4H3,(H2,23,24,26,30). The van der Waals surface area contributed by atoms with Gasteiger partial charge in [-0.2, -0.15) is 0 Å². The number of anilines is 1. The average molecular weight is 528 g/mol. The molecule has 3 N–H and O–H groups in total. The Morgan fingerprint density at radius 3 is 2.35 bits per heavy atom. The van der Waals surface area contributed by atoms with Gasteiger partial charge in [0.15, 0.2) is 5.11 Å². The van der Waals surface area contributed by atoms with Gasteiger partial charge in [0.1, 0.15) is 5.75 Å². The van der Waals surface area contributed by atoms with Gasteiger partial charge in [-0.1, -0.05) is 22.9 Å². The Kier molecular flexibility index (Phi) is 8.99. The van der Waals surface area contributed by atoms with E-state index < -0.39 is 15.9 Å². The third kappa shape index (κ3) is 7.57. The van der Waals surface area contributed by atoms with Gasteiger partial charge in [-0.25, -0.2) is 13.1 Å². The van der Waals surface area contributed by atoms with Crippen molar-refractivity contribution in [1.29, 1.82) is 0 Å². The van der Waals surface area contributed by atoms with Crippen LogP contribution in [0.3, 0.4) is 0 Å². The maximum Gasteiger partial charge on any atom is 0.261 e. The summed E-state index contributed by atoms with van der Waals surface area (Å²) < 4.78 is 33.7. The molecule has 0 aromatic heterocycles. The number of halogens is 1. The highest BCUT2D eigenvalue weighted by Crippen LogP contribution is 2.24. The molecule has 1 atom stereocenters. The van der Waals surface area contributed by atoms with Crippen molar-refractivity contribution in [3.8, 4) is 5.75 Å². The molecule has 0 fully saturated rings. The summed E-state index contributed by atoms with van der Waals surface area (Å²) in [5.74, 6) is 0.0215. The van der Waals surface area contributed by atoms with Crippen LogP contribution in [0.2, 0.25) is 0 Å². The lowest BCUT2D eigenvalue weighted by molar-refractivity contribution is 0.0972. The smallest absolute Gasteiger partial charge is 0.261 e. The van der Waals surface area contributed by atoms with Crippen molar-refractivity contribution >= 4 is 54.9 Å². The Hall–Kier alpha value is -2.01. The van der Waals surface area contributed by atoms with Gasteiger partial charge in [-0.15, -0.1) is 0 Å². The Balaban J connectivity index is 2.06. The van der Waals surface area contributed by atoms with Gasteiger partial charge in [0.25, 0.3) is 5.91 Å². The van der Waals surface area contributed by atoms with Gasteiger partial charge in [0.2, 0.25) is 10.0 Å². The Morgan fingerprint density at radius 1 is 1.13 bits per heavy atom. The highest BCUT2D eigenvalue weighted by Gasteiger charge is 2.18. The van der Waals surface area contributed by atoms with E-state index in [2.05, 4.69) is 31.3 Å². The first-order valence-corrected chi connectivity index (χ1v) is 12.4. The minimum Gasteiger partial charge on any atom is -0.490 e. The maximum atomic E-state index is 12.7. The number of carbonyl (C=O) groups is 1.